The molecule has 1 aliphatic rings. The number of amides is 1. The van der Waals surface area contributed by atoms with Crippen LogP contribution < -0.4 is 19.5 Å². The van der Waals surface area contributed by atoms with Gasteiger partial charge in [0.1, 0.15) is 12.4 Å². The van der Waals surface area contributed by atoms with Gasteiger partial charge in [-0.3, -0.25) is 4.79 Å². The van der Waals surface area contributed by atoms with E-state index in [0.717, 1.165) is 0 Å². The maximum atomic E-state index is 12.2. The van der Waals surface area contributed by atoms with Crippen molar-refractivity contribution >= 4 is 11.6 Å². The van der Waals surface area contributed by atoms with Gasteiger partial charge in [0.25, 0.3) is 5.91 Å². The van der Waals surface area contributed by atoms with Crippen molar-refractivity contribution < 1.29 is 27.8 Å². The summed E-state index contributed by atoms with van der Waals surface area (Å²) in [7, 11) is 0. The second-order valence-corrected chi connectivity index (χ2v) is 4.76. The Hall–Kier alpha value is -2.83. The molecule has 0 saturated carbocycles. The van der Waals surface area contributed by atoms with Crippen LogP contribution in [0, 0.1) is 0 Å². The van der Waals surface area contributed by atoms with Gasteiger partial charge in [-0.2, -0.15) is 8.78 Å². The lowest BCUT2D eigenvalue weighted by molar-refractivity contribution is -0.125. The highest BCUT2D eigenvalue weighted by molar-refractivity contribution is 5.94. The normalized spacial score (nSPS) is 16.0. The Labute approximate surface area is 130 Å². The number of carbonyl (C=O) groups excluding carboxylic acids is 1. The average molecular weight is 321 g/mol. The Balaban J connectivity index is 1.61. The van der Waals surface area contributed by atoms with E-state index in [1.807, 2.05) is 6.07 Å². The average Bonchev–Trinajstić information content (AvgIpc) is 2.55. The van der Waals surface area contributed by atoms with Crippen LogP contribution in [0.1, 0.15) is 0 Å². The summed E-state index contributed by atoms with van der Waals surface area (Å²) in [6.07, 6.45) is -0.790. The molecule has 120 valence electrons. The first-order valence-electron chi connectivity index (χ1n) is 6.86. The Bertz CT molecular complexity index is 691. The van der Waals surface area contributed by atoms with Crippen LogP contribution in [-0.4, -0.2) is 25.2 Å². The highest BCUT2D eigenvalue weighted by Gasteiger charge is 2.27. The van der Waals surface area contributed by atoms with E-state index in [0.29, 0.717) is 17.2 Å². The van der Waals surface area contributed by atoms with Gasteiger partial charge in [0.05, 0.1) is 0 Å². The van der Waals surface area contributed by atoms with Crippen LogP contribution in [0.4, 0.5) is 14.5 Å². The third-order valence-electron chi connectivity index (χ3n) is 3.15. The van der Waals surface area contributed by atoms with Crippen molar-refractivity contribution in [3.8, 4) is 17.2 Å². The Morgan fingerprint density at radius 3 is 2.52 bits per heavy atom. The van der Waals surface area contributed by atoms with Crippen molar-refractivity contribution in [3.63, 3.8) is 0 Å². The summed E-state index contributed by atoms with van der Waals surface area (Å²) in [4.78, 5) is 12.2. The minimum Gasteiger partial charge on any atom is -0.485 e. The number of alkyl halides is 2. The van der Waals surface area contributed by atoms with E-state index in [2.05, 4.69) is 10.1 Å². The maximum Gasteiger partial charge on any atom is 0.387 e. The highest BCUT2D eigenvalue weighted by atomic mass is 19.3. The molecule has 7 heteroatoms. The topological polar surface area (TPSA) is 56.8 Å². The van der Waals surface area contributed by atoms with Crippen LogP contribution in [0.15, 0.2) is 48.5 Å². The van der Waals surface area contributed by atoms with Gasteiger partial charge >= 0.3 is 6.61 Å². The molecule has 1 heterocycles. The number of hydrogen-bond acceptors (Lipinski definition) is 4. The minimum atomic E-state index is -2.89. The van der Waals surface area contributed by atoms with Crippen LogP contribution >= 0.6 is 0 Å². The molecule has 1 aliphatic heterocycles. The molecule has 0 unspecified atom stereocenters. The molecule has 2 aromatic carbocycles. The van der Waals surface area contributed by atoms with Crippen LogP contribution in [-0.2, 0) is 4.79 Å². The molecule has 0 aromatic heterocycles. The molecule has 23 heavy (non-hydrogen) atoms. The van der Waals surface area contributed by atoms with E-state index in [1.165, 1.54) is 24.3 Å². The lowest BCUT2D eigenvalue weighted by Gasteiger charge is -2.25. The fourth-order valence-corrected chi connectivity index (χ4v) is 2.09. The monoisotopic (exact) mass is 321 g/mol. The molecule has 0 saturated heterocycles. The van der Waals surface area contributed by atoms with Crippen molar-refractivity contribution in [1.29, 1.82) is 0 Å². The number of ether oxygens (including phenoxy) is 3. The van der Waals surface area contributed by atoms with E-state index in [4.69, 9.17) is 9.47 Å². The molecule has 3 rings (SSSR count). The van der Waals surface area contributed by atoms with Crippen molar-refractivity contribution in [1.82, 2.24) is 0 Å². The molecule has 0 fully saturated rings. The van der Waals surface area contributed by atoms with E-state index < -0.39 is 12.7 Å². The standard InChI is InChI=1S/C16H13F2NO4/c17-16(18)22-11-7-5-10(6-8-11)19-15(20)14-9-21-12-3-1-2-4-13(12)23-14/h1-8,14,16H,9H2,(H,19,20)/t14-/m0/s1. The van der Waals surface area contributed by atoms with Gasteiger partial charge in [-0.25, -0.2) is 0 Å². The molecule has 2 aromatic rings. The number of anilines is 1. The SMILES string of the molecule is O=C(Nc1ccc(OC(F)F)cc1)[C@@H]1COc2ccccc2O1. The van der Waals surface area contributed by atoms with Gasteiger partial charge in [0, 0.05) is 5.69 Å². The molecule has 0 radical (unpaired) electrons. The number of halogens is 2. The van der Waals surface area contributed by atoms with Crippen LogP contribution in [0.2, 0.25) is 0 Å². The third-order valence-corrected chi connectivity index (χ3v) is 3.15. The first-order chi connectivity index (χ1) is 11.1. The Kier molecular flexibility index (Phi) is 4.27. The van der Waals surface area contributed by atoms with E-state index >= 15 is 0 Å². The number of para-hydroxylation sites is 2. The van der Waals surface area contributed by atoms with E-state index in [-0.39, 0.29) is 18.3 Å². The van der Waals surface area contributed by atoms with Gasteiger partial charge in [-0.05, 0) is 36.4 Å². The first-order valence-corrected chi connectivity index (χ1v) is 6.86. The number of nitrogens with one attached hydrogen (secondary N) is 1. The van der Waals surface area contributed by atoms with Gasteiger partial charge < -0.3 is 19.5 Å². The lowest BCUT2D eigenvalue weighted by Crippen LogP contribution is -2.40. The second-order valence-electron chi connectivity index (χ2n) is 4.76. The fourth-order valence-electron chi connectivity index (χ4n) is 2.09. The predicted octanol–water partition coefficient (Wildman–Crippen LogP) is 3.07. The predicted molar refractivity (Wildman–Crippen MR) is 78.1 cm³/mol. The molecular weight excluding hydrogens is 308 g/mol. The Morgan fingerprint density at radius 1 is 1.13 bits per heavy atom. The molecule has 0 spiro atoms. The highest BCUT2D eigenvalue weighted by Crippen LogP contribution is 2.31. The van der Waals surface area contributed by atoms with Gasteiger partial charge in [-0.1, -0.05) is 12.1 Å². The zero-order chi connectivity index (χ0) is 16.2. The number of carbonyl (C=O) groups is 1. The molecule has 5 nitrogen and oxygen atoms in total. The first kappa shape index (κ1) is 15.1. The summed E-state index contributed by atoms with van der Waals surface area (Å²) in [6.45, 7) is -2.79. The molecule has 0 bridgehead atoms. The molecule has 1 atom stereocenters. The minimum absolute atomic E-state index is 0.0178. The summed E-state index contributed by atoms with van der Waals surface area (Å²) in [5, 5.41) is 2.64. The zero-order valence-electron chi connectivity index (χ0n) is 11.9. The number of hydrogen-bond donors (Lipinski definition) is 1. The van der Waals surface area contributed by atoms with Crippen molar-refractivity contribution in [2.45, 2.75) is 12.7 Å². The fraction of sp³-hybridized carbons (Fsp3) is 0.188. The number of rotatable bonds is 4. The number of benzene rings is 2. The largest absolute Gasteiger partial charge is 0.485 e. The molecular formula is C16H13F2NO4. The third kappa shape index (κ3) is 3.68. The van der Waals surface area contributed by atoms with Crippen LogP contribution in [0.25, 0.3) is 0 Å². The van der Waals surface area contributed by atoms with Crippen molar-refractivity contribution in [2.75, 3.05) is 11.9 Å². The van der Waals surface area contributed by atoms with E-state index in [9.17, 15) is 13.6 Å². The van der Waals surface area contributed by atoms with Crippen molar-refractivity contribution in [3.05, 3.63) is 48.5 Å². The summed E-state index contributed by atoms with van der Waals surface area (Å²) in [5.41, 5.74) is 0.444. The molecule has 0 aliphatic carbocycles. The van der Waals surface area contributed by atoms with Gasteiger partial charge in [0.15, 0.2) is 11.5 Å². The molecule has 1 amide bonds. The smallest absolute Gasteiger partial charge is 0.387 e. The molecule has 1 N–H and O–H groups in total. The summed E-state index contributed by atoms with van der Waals surface area (Å²) in [6, 6.07) is 12.7. The second kappa shape index (κ2) is 6.51. The zero-order valence-corrected chi connectivity index (χ0v) is 11.9. The van der Waals surface area contributed by atoms with E-state index in [1.54, 1.807) is 18.2 Å². The quantitative estimate of drug-likeness (QED) is 0.940. The summed E-state index contributed by atoms with van der Waals surface area (Å²) in [5.74, 6) is 0.718. The lowest BCUT2D eigenvalue weighted by atomic mass is 10.2. The number of fused-ring (bicyclic) bond motifs is 1. The summed E-state index contributed by atoms with van der Waals surface area (Å²) < 4.78 is 39.4. The van der Waals surface area contributed by atoms with Crippen LogP contribution in [0.3, 0.4) is 0 Å². The maximum absolute atomic E-state index is 12.2. The van der Waals surface area contributed by atoms with Gasteiger partial charge in [-0.15, -0.1) is 0 Å². The van der Waals surface area contributed by atoms with Gasteiger partial charge in [0.2, 0.25) is 6.10 Å². The Morgan fingerprint density at radius 2 is 1.83 bits per heavy atom. The van der Waals surface area contributed by atoms with Crippen LogP contribution in [0.5, 0.6) is 17.2 Å². The van der Waals surface area contributed by atoms with Crippen molar-refractivity contribution in [2.24, 2.45) is 0 Å². The summed E-state index contributed by atoms with van der Waals surface area (Å²) >= 11 is 0.